The Morgan fingerprint density at radius 1 is 1.21 bits per heavy atom. The summed E-state index contributed by atoms with van der Waals surface area (Å²) in [5.41, 5.74) is 0.631. The molecule has 2 bridgehead atoms. The number of carbonyl (C=O) groups excluding carboxylic acids is 3. The van der Waals surface area contributed by atoms with Gasteiger partial charge >= 0.3 is 0 Å². The molecule has 10 heteroatoms. The van der Waals surface area contributed by atoms with E-state index in [0.717, 1.165) is 5.56 Å². The van der Waals surface area contributed by atoms with Crippen LogP contribution in [0.1, 0.15) is 32.3 Å². The zero-order valence-corrected chi connectivity index (χ0v) is 22.3. The minimum Gasteiger partial charge on any atom is -0.494 e. The molecule has 6 atom stereocenters. The van der Waals surface area contributed by atoms with E-state index in [4.69, 9.17) is 21.1 Å². The van der Waals surface area contributed by atoms with Gasteiger partial charge in [-0.1, -0.05) is 23.7 Å². The Balaban J connectivity index is 1.45. The Morgan fingerprint density at radius 2 is 1.95 bits per heavy atom. The molecule has 202 valence electrons. The number of carbonyl (C=O) groups is 3. The second kappa shape index (κ2) is 10.2. The number of likely N-dealkylation sites (tertiary alicyclic amines) is 1. The van der Waals surface area contributed by atoms with Gasteiger partial charge in [-0.25, -0.2) is 0 Å². The van der Waals surface area contributed by atoms with Crippen molar-refractivity contribution in [1.29, 1.82) is 0 Å². The molecule has 38 heavy (non-hydrogen) atoms. The number of aliphatic hydroxyl groups excluding tert-OH is 1. The molecule has 9 nitrogen and oxygen atoms in total. The lowest BCUT2D eigenvalue weighted by Crippen LogP contribution is -2.55. The fourth-order valence-electron chi connectivity index (χ4n) is 6.26. The van der Waals surface area contributed by atoms with E-state index in [0.29, 0.717) is 41.6 Å². The van der Waals surface area contributed by atoms with Gasteiger partial charge in [0.25, 0.3) is 0 Å². The van der Waals surface area contributed by atoms with E-state index >= 15 is 0 Å². The van der Waals surface area contributed by atoms with Gasteiger partial charge in [0.15, 0.2) is 0 Å². The summed E-state index contributed by atoms with van der Waals surface area (Å²) in [5, 5.41) is 16.2. The zero-order chi connectivity index (χ0) is 27.2. The van der Waals surface area contributed by atoms with E-state index in [9.17, 15) is 19.5 Å². The normalized spacial score (nSPS) is 28.2. The average Bonchev–Trinajstić information content (AvgIpc) is 3.54. The van der Waals surface area contributed by atoms with Gasteiger partial charge in [0.2, 0.25) is 17.7 Å². The van der Waals surface area contributed by atoms with E-state index in [1.807, 2.05) is 19.9 Å². The largest absolute Gasteiger partial charge is 0.494 e. The Bertz CT molecular complexity index is 1230. The van der Waals surface area contributed by atoms with Crippen molar-refractivity contribution in [3.8, 4) is 5.75 Å². The number of nitrogens with zero attached hydrogens (tertiary/aromatic N) is 1. The molecular formula is C28H32ClN3O6. The summed E-state index contributed by atoms with van der Waals surface area (Å²) in [6.45, 7) is 5.60. The topological polar surface area (TPSA) is 117 Å². The molecule has 3 amide bonds. The number of ether oxygens (including phenoxy) is 2. The van der Waals surface area contributed by atoms with Crippen LogP contribution in [0, 0.1) is 18.8 Å². The molecule has 5 rings (SSSR count). The predicted octanol–water partition coefficient (Wildman–Crippen LogP) is 3.38. The van der Waals surface area contributed by atoms with Crippen molar-refractivity contribution in [3.63, 3.8) is 0 Å². The second-order valence-electron chi connectivity index (χ2n) is 10.2. The number of fused-ring (bicyclic) bond motifs is 1. The van der Waals surface area contributed by atoms with E-state index in [1.165, 1.54) is 4.90 Å². The lowest BCUT2D eigenvalue weighted by atomic mass is 9.70. The minimum atomic E-state index is -1.18. The zero-order valence-electron chi connectivity index (χ0n) is 21.6. The smallest absolute Gasteiger partial charge is 0.250 e. The summed E-state index contributed by atoms with van der Waals surface area (Å²) >= 11 is 6.36. The molecule has 3 aliphatic heterocycles. The van der Waals surface area contributed by atoms with Gasteiger partial charge in [-0.05, 0) is 69.5 Å². The van der Waals surface area contributed by atoms with Gasteiger partial charge < -0.3 is 30.1 Å². The van der Waals surface area contributed by atoms with Gasteiger partial charge in [-0.2, -0.15) is 0 Å². The number of nitrogens with one attached hydrogen (secondary N) is 2. The fraction of sp³-hybridized carbons (Fsp3) is 0.464. The lowest BCUT2D eigenvalue weighted by molar-refractivity contribution is -0.142. The van der Waals surface area contributed by atoms with Crippen molar-refractivity contribution in [2.75, 3.05) is 23.8 Å². The van der Waals surface area contributed by atoms with Crippen LogP contribution in [-0.2, 0) is 19.1 Å². The first kappa shape index (κ1) is 26.5. The predicted molar refractivity (Wildman–Crippen MR) is 142 cm³/mol. The first-order valence-electron chi connectivity index (χ1n) is 12.9. The highest BCUT2D eigenvalue weighted by molar-refractivity contribution is 6.34. The number of amides is 3. The summed E-state index contributed by atoms with van der Waals surface area (Å²) < 4.78 is 11.9. The molecule has 0 aliphatic carbocycles. The van der Waals surface area contributed by atoms with Crippen LogP contribution in [0.4, 0.5) is 11.4 Å². The number of anilines is 2. The van der Waals surface area contributed by atoms with Crippen LogP contribution < -0.4 is 15.4 Å². The Hall–Kier alpha value is -3.14. The molecule has 3 N–H and O–H groups in total. The maximum absolute atomic E-state index is 13.9. The summed E-state index contributed by atoms with van der Waals surface area (Å²) in [4.78, 5) is 42.7. The quantitative estimate of drug-likeness (QED) is 0.472. The Kier molecular flexibility index (Phi) is 7.11. The third-order valence-electron chi connectivity index (χ3n) is 7.93. The highest BCUT2D eigenvalue weighted by Crippen LogP contribution is 2.59. The third kappa shape index (κ3) is 4.22. The molecular weight excluding hydrogens is 510 g/mol. The highest BCUT2D eigenvalue weighted by Gasteiger charge is 2.74. The molecule has 0 aromatic heterocycles. The van der Waals surface area contributed by atoms with Crippen molar-refractivity contribution < 1.29 is 29.0 Å². The molecule has 2 aromatic carbocycles. The number of aryl methyl sites for hydroxylation is 1. The average molecular weight is 542 g/mol. The van der Waals surface area contributed by atoms with E-state index in [1.54, 1.807) is 43.3 Å². The van der Waals surface area contributed by atoms with Crippen molar-refractivity contribution >= 4 is 40.7 Å². The summed E-state index contributed by atoms with van der Waals surface area (Å²) in [6, 6.07) is 10.6. The van der Waals surface area contributed by atoms with Crippen LogP contribution in [0.15, 0.2) is 42.5 Å². The number of hydrogen-bond donors (Lipinski definition) is 3. The van der Waals surface area contributed by atoms with Crippen molar-refractivity contribution in [2.24, 2.45) is 11.8 Å². The van der Waals surface area contributed by atoms with Crippen LogP contribution >= 0.6 is 11.6 Å². The van der Waals surface area contributed by atoms with Crippen LogP contribution in [0.3, 0.4) is 0 Å². The Morgan fingerprint density at radius 3 is 2.61 bits per heavy atom. The number of aliphatic hydroxyl groups is 1. The number of para-hydroxylation sites is 1. The molecule has 2 unspecified atom stereocenters. The summed E-state index contributed by atoms with van der Waals surface area (Å²) in [7, 11) is 0. The molecule has 3 fully saturated rings. The summed E-state index contributed by atoms with van der Waals surface area (Å²) in [6.07, 6.45) is 0.506. The fourth-order valence-corrected chi connectivity index (χ4v) is 6.53. The number of hydrogen-bond acceptors (Lipinski definition) is 6. The van der Waals surface area contributed by atoms with Crippen molar-refractivity contribution in [1.82, 2.24) is 4.90 Å². The van der Waals surface area contributed by atoms with E-state index in [-0.39, 0.29) is 18.4 Å². The molecule has 3 aliphatic rings. The highest BCUT2D eigenvalue weighted by atomic mass is 35.5. The van der Waals surface area contributed by atoms with Crippen molar-refractivity contribution in [2.45, 2.75) is 57.4 Å². The minimum absolute atomic E-state index is 0.335. The van der Waals surface area contributed by atoms with Crippen LogP contribution in [0.25, 0.3) is 0 Å². The number of benzene rings is 2. The monoisotopic (exact) mass is 541 g/mol. The lowest BCUT2D eigenvalue weighted by Gasteiger charge is -2.35. The van der Waals surface area contributed by atoms with Gasteiger partial charge in [-0.3, -0.25) is 14.4 Å². The van der Waals surface area contributed by atoms with Gasteiger partial charge in [-0.15, -0.1) is 0 Å². The van der Waals surface area contributed by atoms with E-state index in [2.05, 4.69) is 10.6 Å². The maximum atomic E-state index is 13.9. The molecule has 1 spiro atoms. The van der Waals surface area contributed by atoms with Gasteiger partial charge in [0.1, 0.15) is 17.4 Å². The Labute approximate surface area is 226 Å². The number of halogens is 1. The van der Waals surface area contributed by atoms with Crippen LogP contribution in [0.5, 0.6) is 5.75 Å². The maximum Gasteiger partial charge on any atom is 0.250 e. The molecule has 0 saturated carbocycles. The van der Waals surface area contributed by atoms with E-state index < -0.39 is 41.5 Å². The van der Waals surface area contributed by atoms with Crippen molar-refractivity contribution in [3.05, 3.63) is 53.1 Å². The molecule has 2 aromatic rings. The van der Waals surface area contributed by atoms with Crippen LogP contribution in [0.2, 0.25) is 5.02 Å². The third-order valence-corrected chi connectivity index (χ3v) is 8.25. The second-order valence-corrected chi connectivity index (χ2v) is 10.6. The molecule has 3 heterocycles. The first-order chi connectivity index (χ1) is 18.2. The standard InChI is InChI=1S/C28H32ClN3O6/c1-4-37-18-10-8-17(9-11-18)30-25(34)21-20-12-13-28(38-20)22(21)27(36)32(16(3)14-33)24(28)26(35)31-23-15(2)6-5-7-19(23)29/h5-11,16,20-22,24,33H,4,12-14H2,1-3H3,(H,30,34)(H,31,35)/t16-,20+,21-,22+,24?,28?/m1/s1. The number of rotatable bonds is 8. The van der Waals surface area contributed by atoms with Gasteiger partial charge in [0, 0.05) is 5.69 Å². The molecule has 0 radical (unpaired) electrons. The summed E-state index contributed by atoms with van der Waals surface area (Å²) in [5.74, 6) is -2.08. The van der Waals surface area contributed by atoms with Crippen LogP contribution in [-0.4, -0.2) is 64.7 Å². The van der Waals surface area contributed by atoms with Gasteiger partial charge in [0.05, 0.1) is 47.9 Å². The SMILES string of the molecule is CCOc1ccc(NC(=O)[C@@H]2[C@@H]3CCC4(O3)C(C(=O)Nc3c(C)cccc3Cl)N([C@H](C)CO)C(=O)[C@H]24)cc1. The molecule has 3 saturated heterocycles. The first-order valence-corrected chi connectivity index (χ1v) is 13.3.